The number of benzene rings is 1. The lowest BCUT2D eigenvalue weighted by atomic mass is 10.1. The molecule has 0 atom stereocenters. The second-order valence-corrected chi connectivity index (χ2v) is 6.57. The van der Waals surface area contributed by atoms with Gasteiger partial charge in [-0.15, -0.1) is 0 Å². The lowest BCUT2D eigenvalue weighted by Gasteiger charge is -2.03. The summed E-state index contributed by atoms with van der Waals surface area (Å²) in [5.41, 5.74) is 2.01. The molecular formula is C23H34O2. The number of rotatable bonds is 13. The van der Waals surface area contributed by atoms with Crippen LogP contribution in [0.2, 0.25) is 0 Å². The first-order chi connectivity index (χ1) is 12.2. The molecule has 1 aromatic carbocycles. The van der Waals surface area contributed by atoms with E-state index in [0.717, 1.165) is 19.3 Å². The molecule has 138 valence electrons. The molecule has 2 heteroatoms. The average molecular weight is 343 g/mol. The maximum atomic E-state index is 11.8. The monoisotopic (exact) mass is 342 g/mol. The van der Waals surface area contributed by atoms with Crippen LogP contribution < -0.4 is 0 Å². The van der Waals surface area contributed by atoms with Crippen LogP contribution in [0.3, 0.4) is 0 Å². The lowest BCUT2D eigenvalue weighted by Crippen LogP contribution is -2.05. The highest BCUT2D eigenvalue weighted by Gasteiger charge is 2.04. The zero-order chi connectivity index (χ0) is 18.2. The van der Waals surface area contributed by atoms with Crippen LogP contribution in [0.25, 0.3) is 0 Å². The van der Waals surface area contributed by atoms with E-state index in [1.165, 1.54) is 44.1 Å². The van der Waals surface area contributed by atoms with Gasteiger partial charge in [0.1, 0.15) is 0 Å². The quantitative estimate of drug-likeness (QED) is 0.222. The predicted octanol–water partition coefficient (Wildman–Crippen LogP) is 6.88. The van der Waals surface area contributed by atoms with Gasteiger partial charge in [-0.2, -0.15) is 0 Å². The molecule has 0 unspecified atom stereocenters. The maximum absolute atomic E-state index is 11.8. The third-order valence-corrected chi connectivity index (χ3v) is 4.16. The SMILES string of the molecule is CCCCCCC/C=C/C/C(C)=C/CCCOC(=O)c1ccccc1. The molecule has 0 heterocycles. The summed E-state index contributed by atoms with van der Waals surface area (Å²) in [6, 6.07) is 9.15. The molecular weight excluding hydrogens is 308 g/mol. The van der Waals surface area contributed by atoms with Gasteiger partial charge in [0, 0.05) is 0 Å². The maximum Gasteiger partial charge on any atom is 0.338 e. The molecule has 0 bridgehead atoms. The Bertz CT molecular complexity index is 514. The molecule has 0 radical (unpaired) electrons. The van der Waals surface area contributed by atoms with Crippen molar-refractivity contribution >= 4 is 5.97 Å². The van der Waals surface area contributed by atoms with Gasteiger partial charge in [-0.3, -0.25) is 0 Å². The minimum absolute atomic E-state index is 0.233. The summed E-state index contributed by atoms with van der Waals surface area (Å²) < 4.78 is 5.28. The third-order valence-electron chi connectivity index (χ3n) is 4.16. The number of ether oxygens (including phenoxy) is 1. The van der Waals surface area contributed by atoms with Crippen molar-refractivity contribution in [3.8, 4) is 0 Å². The van der Waals surface area contributed by atoms with Gasteiger partial charge < -0.3 is 4.74 Å². The number of hydrogen-bond donors (Lipinski definition) is 0. The Kier molecular flexibility index (Phi) is 12.3. The fourth-order valence-corrected chi connectivity index (χ4v) is 2.59. The summed E-state index contributed by atoms with van der Waals surface area (Å²) in [7, 11) is 0. The fraction of sp³-hybridized carbons (Fsp3) is 0.522. The Balaban J connectivity index is 2.04. The summed E-state index contributed by atoms with van der Waals surface area (Å²) in [4.78, 5) is 11.8. The number of unbranched alkanes of at least 4 members (excludes halogenated alkanes) is 6. The van der Waals surface area contributed by atoms with Crippen LogP contribution in [0.4, 0.5) is 0 Å². The second kappa shape index (κ2) is 14.5. The van der Waals surface area contributed by atoms with Crippen LogP contribution >= 0.6 is 0 Å². The van der Waals surface area contributed by atoms with E-state index in [1.807, 2.05) is 18.2 Å². The lowest BCUT2D eigenvalue weighted by molar-refractivity contribution is 0.0501. The first-order valence-electron chi connectivity index (χ1n) is 9.77. The molecule has 0 saturated carbocycles. The first-order valence-corrected chi connectivity index (χ1v) is 9.77. The van der Waals surface area contributed by atoms with Crippen molar-refractivity contribution in [1.82, 2.24) is 0 Å². The van der Waals surface area contributed by atoms with E-state index in [9.17, 15) is 4.79 Å². The molecule has 0 fully saturated rings. The Morgan fingerprint density at radius 3 is 2.48 bits per heavy atom. The van der Waals surface area contributed by atoms with Crippen molar-refractivity contribution in [2.24, 2.45) is 0 Å². The second-order valence-electron chi connectivity index (χ2n) is 6.57. The van der Waals surface area contributed by atoms with Crippen LogP contribution in [0.15, 0.2) is 54.1 Å². The molecule has 0 aliphatic heterocycles. The minimum atomic E-state index is -0.233. The molecule has 25 heavy (non-hydrogen) atoms. The third kappa shape index (κ3) is 11.4. The molecule has 0 amide bonds. The van der Waals surface area contributed by atoms with Crippen molar-refractivity contribution in [2.75, 3.05) is 6.61 Å². The standard InChI is InChI=1S/C23H34O2/c1-3-4-5-6-7-8-9-11-16-21(2)17-14-15-20-25-23(24)22-18-12-10-13-19-22/h9-13,17-19H,3-8,14-16,20H2,1-2H3/b11-9+,21-17+. The van der Waals surface area contributed by atoms with Gasteiger partial charge in [0.25, 0.3) is 0 Å². The van der Waals surface area contributed by atoms with Crippen molar-refractivity contribution in [2.45, 2.75) is 71.6 Å². The molecule has 0 aliphatic carbocycles. The van der Waals surface area contributed by atoms with Gasteiger partial charge in [-0.1, -0.05) is 74.6 Å². The largest absolute Gasteiger partial charge is 0.462 e. The molecule has 1 aromatic rings. The molecule has 2 nitrogen and oxygen atoms in total. The summed E-state index contributed by atoms with van der Waals surface area (Å²) in [6.45, 7) is 4.90. The number of carbonyl (C=O) groups excluding carboxylic acids is 1. The molecule has 0 aliphatic rings. The van der Waals surface area contributed by atoms with Gasteiger partial charge >= 0.3 is 5.97 Å². The molecule has 0 N–H and O–H groups in total. The van der Waals surface area contributed by atoms with E-state index in [2.05, 4.69) is 32.1 Å². The fourth-order valence-electron chi connectivity index (χ4n) is 2.59. The van der Waals surface area contributed by atoms with E-state index in [-0.39, 0.29) is 5.97 Å². The van der Waals surface area contributed by atoms with Crippen molar-refractivity contribution < 1.29 is 9.53 Å². The molecule has 1 rings (SSSR count). The Hall–Kier alpha value is -1.83. The molecule has 0 spiro atoms. The van der Waals surface area contributed by atoms with E-state index >= 15 is 0 Å². The van der Waals surface area contributed by atoms with Gasteiger partial charge in [0.15, 0.2) is 0 Å². The number of hydrogen-bond acceptors (Lipinski definition) is 2. The normalized spacial score (nSPS) is 11.8. The van der Waals surface area contributed by atoms with Crippen LogP contribution in [0.1, 0.15) is 82.0 Å². The topological polar surface area (TPSA) is 26.3 Å². The summed E-state index contributed by atoms with van der Waals surface area (Å²) in [5, 5.41) is 0. The molecule has 0 saturated heterocycles. The Morgan fingerprint density at radius 2 is 1.72 bits per heavy atom. The summed E-state index contributed by atoms with van der Waals surface area (Å²) in [5.74, 6) is -0.233. The average Bonchev–Trinajstić information content (AvgIpc) is 2.64. The highest BCUT2D eigenvalue weighted by Crippen LogP contribution is 2.08. The minimum Gasteiger partial charge on any atom is -0.462 e. The number of esters is 1. The highest BCUT2D eigenvalue weighted by atomic mass is 16.5. The summed E-state index contributed by atoms with van der Waals surface area (Å²) in [6.07, 6.45) is 17.6. The Morgan fingerprint density at radius 1 is 0.960 bits per heavy atom. The van der Waals surface area contributed by atoms with Crippen LogP contribution in [-0.2, 0) is 4.74 Å². The van der Waals surface area contributed by atoms with E-state index in [4.69, 9.17) is 4.74 Å². The van der Waals surface area contributed by atoms with Crippen LogP contribution in [0, 0.1) is 0 Å². The van der Waals surface area contributed by atoms with Crippen molar-refractivity contribution in [3.05, 3.63) is 59.7 Å². The van der Waals surface area contributed by atoms with E-state index in [1.54, 1.807) is 12.1 Å². The first kappa shape index (κ1) is 21.2. The zero-order valence-electron chi connectivity index (χ0n) is 16.0. The van der Waals surface area contributed by atoms with Gasteiger partial charge in [0.05, 0.1) is 12.2 Å². The zero-order valence-corrected chi connectivity index (χ0v) is 16.0. The number of allylic oxidation sites excluding steroid dienone is 4. The van der Waals surface area contributed by atoms with Crippen molar-refractivity contribution in [1.29, 1.82) is 0 Å². The van der Waals surface area contributed by atoms with Gasteiger partial charge in [0.2, 0.25) is 0 Å². The van der Waals surface area contributed by atoms with E-state index in [0.29, 0.717) is 12.2 Å². The smallest absolute Gasteiger partial charge is 0.338 e. The highest BCUT2D eigenvalue weighted by molar-refractivity contribution is 5.89. The van der Waals surface area contributed by atoms with Gasteiger partial charge in [-0.05, 0) is 51.2 Å². The summed E-state index contributed by atoms with van der Waals surface area (Å²) >= 11 is 0. The number of carbonyl (C=O) groups is 1. The predicted molar refractivity (Wildman–Crippen MR) is 107 cm³/mol. The van der Waals surface area contributed by atoms with Crippen LogP contribution in [-0.4, -0.2) is 12.6 Å². The van der Waals surface area contributed by atoms with Gasteiger partial charge in [-0.25, -0.2) is 4.79 Å². The van der Waals surface area contributed by atoms with Crippen LogP contribution in [0.5, 0.6) is 0 Å². The molecule has 0 aromatic heterocycles. The van der Waals surface area contributed by atoms with Crippen molar-refractivity contribution in [3.63, 3.8) is 0 Å². The van der Waals surface area contributed by atoms with E-state index < -0.39 is 0 Å². The Labute approximate surface area is 154 Å².